The standard InChI is InChI=1S/H2O4Te.2H2O/c1-5(2,3)4;;/h(H2,1,2,3,4);2*1H2. The Morgan fingerprint density at radius 2 is 1.00 bits per heavy atom. The van der Waals surface area contributed by atoms with Crippen LogP contribution in [0.25, 0.3) is 0 Å². The molecule has 0 aromatic carbocycles. The fourth-order valence-electron chi connectivity index (χ4n) is 0. The molecule has 0 heterocycles. The minimum absolute atomic E-state index is 0. The third-order valence-electron chi connectivity index (χ3n) is 0. The second-order valence-electron chi connectivity index (χ2n) is 0.448. The molecule has 0 aromatic heterocycles. The van der Waals surface area contributed by atoms with E-state index in [-0.39, 0.29) is 11.0 Å². The van der Waals surface area contributed by atoms with E-state index in [1.165, 1.54) is 0 Å². The van der Waals surface area contributed by atoms with E-state index < -0.39 is 19.0 Å². The Morgan fingerprint density at radius 3 is 1.00 bits per heavy atom. The van der Waals surface area contributed by atoms with E-state index in [9.17, 15) is 0 Å². The van der Waals surface area contributed by atoms with Gasteiger partial charge in [-0.3, -0.25) is 0 Å². The molecule has 7 heteroatoms. The van der Waals surface area contributed by atoms with Gasteiger partial charge >= 0.3 is 32.1 Å². The SMILES string of the molecule is O.O.O=[Te](=O)(O)O. The van der Waals surface area contributed by atoms with Crippen molar-refractivity contribution in [2.45, 2.75) is 0 Å². The Hall–Kier alpha value is 0.230. The molecule has 0 saturated carbocycles. The van der Waals surface area contributed by atoms with E-state index in [0.717, 1.165) is 0 Å². The van der Waals surface area contributed by atoms with Crippen LogP contribution < -0.4 is 0 Å². The Bertz CT molecular complexity index is 87.3. The molecule has 0 unspecified atom stereocenters. The first-order valence-electron chi connectivity index (χ1n) is 0.698. The molecule has 0 fully saturated rings. The maximum absolute atomic E-state index is 8.85. The minimum atomic E-state index is -5.52. The Morgan fingerprint density at radius 1 is 1.00 bits per heavy atom. The molecule has 0 bridgehead atoms. The number of hydrogen-bond acceptors (Lipinski definition) is 2. The zero-order chi connectivity index (χ0) is 4.50. The van der Waals surface area contributed by atoms with Crippen LogP contribution in [-0.2, 0) is 6.21 Å². The predicted molar refractivity (Wildman–Crippen MR) is 18.8 cm³/mol. The summed E-state index contributed by atoms with van der Waals surface area (Å²) in [6.45, 7) is 0. The fraction of sp³-hybridized carbons (Fsp3) is 0. The first kappa shape index (κ1) is 15.7. The molecule has 6 N–H and O–H groups in total. The summed E-state index contributed by atoms with van der Waals surface area (Å²) in [4.78, 5) is 0. The van der Waals surface area contributed by atoms with Gasteiger partial charge in [-0.15, -0.1) is 0 Å². The van der Waals surface area contributed by atoms with Crippen LogP contribution >= 0.6 is 0 Å². The van der Waals surface area contributed by atoms with Crippen LogP contribution in [0.3, 0.4) is 0 Å². The summed E-state index contributed by atoms with van der Waals surface area (Å²) in [5, 5.41) is 0. The van der Waals surface area contributed by atoms with Crippen molar-refractivity contribution in [2.24, 2.45) is 0 Å². The molecular formula is H6O6Te. The van der Waals surface area contributed by atoms with Gasteiger partial charge in [0, 0.05) is 0 Å². The molecule has 0 rings (SSSR count). The van der Waals surface area contributed by atoms with Gasteiger partial charge in [0.25, 0.3) is 0 Å². The molecule has 0 aliphatic carbocycles. The third-order valence-corrected chi connectivity index (χ3v) is 0. The van der Waals surface area contributed by atoms with Gasteiger partial charge in [-0.25, -0.2) is 0 Å². The zero-order valence-electron chi connectivity index (χ0n) is 3.12. The van der Waals surface area contributed by atoms with Crippen LogP contribution in [0.4, 0.5) is 0 Å². The monoisotopic (exact) mass is 232 g/mol. The van der Waals surface area contributed by atoms with E-state index in [1.54, 1.807) is 0 Å². The molecule has 0 aromatic rings. The van der Waals surface area contributed by atoms with E-state index in [4.69, 9.17) is 13.2 Å². The van der Waals surface area contributed by atoms with Crippen LogP contribution in [0.5, 0.6) is 0 Å². The molecule has 0 atom stereocenters. The Balaban J connectivity index is -0.0000000800. The zero-order valence-corrected chi connectivity index (χ0v) is 5.45. The van der Waals surface area contributed by atoms with E-state index in [0.29, 0.717) is 0 Å². The predicted octanol–water partition coefficient (Wildman–Crippen LogP) is -3.38. The van der Waals surface area contributed by atoms with Crippen LogP contribution in [0.15, 0.2) is 0 Å². The summed E-state index contributed by atoms with van der Waals surface area (Å²) < 4.78 is 32.0. The molecule has 0 saturated heterocycles. The summed E-state index contributed by atoms with van der Waals surface area (Å²) in [5.41, 5.74) is 0. The van der Waals surface area contributed by atoms with Gasteiger partial charge in [0.05, 0.1) is 0 Å². The summed E-state index contributed by atoms with van der Waals surface area (Å²) in [6, 6.07) is 0. The Kier molecular flexibility index (Phi) is 9.84. The van der Waals surface area contributed by atoms with Crippen molar-refractivity contribution in [3.05, 3.63) is 0 Å². The second-order valence-corrected chi connectivity index (χ2v) is 3.00. The molecule has 0 radical (unpaired) electrons. The topological polar surface area (TPSA) is 138 Å². The summed E-state index contributed by atoms with van der Waals surface area (Å²) in [6.07, 6.45) is 0. The molecule has 0 aliphatic heterocycles. The Labute approximate surface area is 43.7 Å². The average molecular weight is 230 g/mol. The van der Waals surface area contributed by atoms with Gasteiger partial charge in [0.15, 0.2) is 0 Å². The van der Waals surface area contributed by atoms with Gasteiger partial charge < -0.3 is 11.0 Å². The summed E-state index contributed by atoms with van der Waals surface area (Å²) in [5.74, 6) is 0. The number of hydrogen-bond donors (Lipinski definition) is 2. The summed E-state index contributed by atoms with van der Waals surface area (Å²) >= 11 is -5.52. The molecular weight excluding hydrogens is 224 g/mol. The fourth-order valence-corrected chi connectivity index (χ4v) is 0. The average Bonchev–Trinajstić information content (AvgIpc) is 0.722. The van der Waals surface area contributed by atoms with Crippen LogP contribution in [0.1, 0.15) is 0 Å². The van der Waals surface area contributed by atoms with Gasteiger partial charge in [-0.2, -0.15) is 0 Å². The molecule has 7 heavy (non-hydrogen) atoms. The number of rotatable bonds is 0. The first-order valence-corrected chi connectivity index (χ1v) is 4.69. The van der Waals surface area contributed by atoms with Gasteiger partial charge in [-0.05, 0) is 0 Å². The van der Waals surface area contributed by atoms with Crippen LogP contribution in [0.2, 0.25) is 0 Å². The van der Waals surface area contributed by atoms with Crippen molar-refractivity contribution in [3.8, 4) is 0 Å². The van der Waals surface area contributed by atoms with Crippen molar-refractivity contribution < 1.29 is 24.1 Å². The maximum atomic E-state index is 8.85. The third kappa shape index (κ3) is 2110. The van der Waals surface area contributed by atoms with Gasteiger partial charge in [0.1, 0.15) is 0 Å². The molecule has 6 nitrogen and oxygen atoms in total. The van der Waals surface area contributed by atoms with Crippen molar-refractivity contribution in [1.82, 2.24) is 0 Å². The molecule has 0 aliphatic rings. The molecule has 0 spiro atoms. The molecule has 0 amide bonds. The van der Waals surface area contributed by atoms with Gasteiger partial charge in [-0.1, -0.05) is 0 Å². The van der Waals surface area contributed by atoms with E-state index >= 15 is 0 Å². The van der Waals surface area contributed by atoms with E-state index in [2.05, 4.69) is 0 Å². The van der Waals surface area contributed by atoms with Crippen molar-refractivity contribution >= 4 is 19.0 Å². The van der Waals surface area contributed by atoms with Crippen molar-refractivity contribution in [1.29, 1.82) is 0 Å². The first-order chi connectivity index (χ1) is 2.00. The molecule has 48 valence electrons. The van der Waals surface area contributed by atoms with Crippen LogP contribution in [-0.4, -0.2) is 36.9 Å². The second kappa shape index (κ2) is 4.39. The normalized spacial score (nSPS) is 8.29. The van der Waals surface area contributed by atoms with Crippen LogP contribution in [0, 0.1) is 0 Å². The van der Waals surface area contributed by atoms with Gasteiger partial charge in [0.2, 0.25) is 0 Å². The summed E-state index contributed by atoms with van der Waals surface area (Å²) in [7, 11) is 0. The quantitative estimate of drug-likeness (QED) is 0.419. The van der Waals surface area contributed by atoms with Crippen molar-refractivity contribution in [3.63, 3.8) is 0 Å². The van der Waals surface area contributed by atoms with E-state index in [1.807, 2.05) is 0 Å². The van der Waals surface area contributed by atoms with Crippen molar-refractivity contribution in [2.75, 3.05) is 0 Å².